The Hall–Kier alpha value is -0.160. The molecule has 68 valence electrons. The van der Waals surface area contributed by atoms with Crippen LogP contribution in [0.5, 0.6) is 0 Å². The third kappa shape index (κ3) is 1.90. The lowest BCUT2D eigenvalue weighted by atomic mass is 10.1. The molecule has 0 amide bonds. The predicted octanol–water partition coefficient (Wildman–Crippen LogP) is -0.931. The summed E-state index contributed by atoms with van der Waals surface area (Å²) in [7, 11) is 7.68. The summed E-state index contributed by atoms with van der Waals surface area (Å²) in [5.41, 5.74) is 11.8. The van der Waals surface area contributed by atoms with Gasteiger partial charge in [0.1, 0.15) is 5.79 Å². The molecule has 0 aliphatic carbocycles. The van der Waals surface area contributed by atoms with Gasteiger partial charge in [-0.3, -0.25) is 15.5 Å². The molecule has 0 rings (SSSR count). The highest BCUT2D eigenvalue weighted by atomic mass is 15.5. The molecule has 4 nitrogen and oxygen atoms in total. The van der Waals surface area contributed by atoms with Crippen LogP contribution in [0.1, 0.15) is 6.92 Å². The molecule has 0 heterocycles. The Bertz CT molecular complexity index is 97.8. The van der Waals surface area contributed by atoms with Crippen LogP contribution >= 0.6 is 0 Å². The van der Waals surface area contributed by atoms with E-state index in [4.69, 9.17) is 11.5 Å². The molecule has 0 aromatic carbocycles. The van der Waals surface area contributed by atoms with Gasteiger partial charge in [-0.05, 0) is 35.1 Å². The second kappa shape index (κ2) is 3.49. The van der Waals surface area contributed by atoms with Crippen molar-refractivity contribution >= 4 is 0 Å². The van der Waals surface area contributed by atoms with Crippen LogP contribution in [0.3, 0.4) is 0 Å². The first-order valence-electron chi connectivity index (χ1n) is 3.72. The highest BCUT2D eigenvalue weighted by molar-refractivity contribution is 4.86. The van der Waals surface area contributed by atoms with E-state index >= 15 is 0 Å². The average molecular weight is 160 g/mol. The van der Waals surface area contributed by atoms with Gasteiger partial charge in [0.25, 0.3) is 0 Å². The molecule has 0 aromatic heterocycles. The molecule has 0 radical (unpaired) electrons. The van der Waals surface area contributed by atoms with E-state index < -0.39 is 5.79 Å². The molecule has 0 fully saturated rings. The summed E-state index contributed by atoms with van der Waals surface area (Å²) in [5.74, 6) is -0.556. The lowest BCUT2D eigenvalue weighted by Gasteiger charge is -2.44. The predicted molar refractivity (Wildman–Crippen MR) is 47.9 cm³/mol. The van der Waals surface area contributed by atoms with E-state index in [2.05, 4.69) is 0 Å². The normalized spacial score (nSPS) is 16.1. The highest BCUT2D eigenvalue weighted by Gasteiger charge is 2.34. The van der Waals surface area contributed by atoms with Crippen molar-refractivity contribution < 1.29 is 0 Å². The summed E-state index contributed by atoms with van der Waals surface area (Å²) >= 11 is 0. The van der Waals surface area contributed by atoms with Gasteiger partial charge in [0.05, 0.1) is 0 Å². The Balaban J connectivity index is 4.53. The summed E-state index contributed by atoms with van der Waals surface area (Å²) in [6, 6.07) is -0.0903. The zero-order chi connectivity index (χ0) is 9.23. The third-order valence-electron chi connectivity index (χ3n) is 2.10. The van der Waals surface area contributed by atoms with Gasteiger partial charge in [-0.25, -0.2) is 0 Å². The number of nitrogens with two attached hydrogens (primary N) is 2. The monoisotopic (exact) mass is 160 g/mol. The minimum Gasteiger partial charge on any atom is -0.324 e. The Kier molecular flexibility index (Phi) is 3.44. The summed E-state index contributed by atoms with van der Waals surface area (Å²) in [4.78, 5) is 3.83. The number of likely N-dealkylation sites (N-methyl/N-ethyl adjacent to an activating group) is 2. The van der Waals surface area contributed by atoms with Gasteiger partial charge < -0.3 is 5.73 Å². The topological polar surface area (TPSA) is 58.5 Å². The zero-order valence-electron chi connectivity index (χ0n) is 8.13. The van der Waals surface area contributed by atoms with Crippen molar-refractivity contribution in [3.05, 3.63) is 0 Å². The van der Waals surface area contributed by atoms with Crippen LogP contribution in [-0.2, 0) is 0 Å². The van der Waals surface area contributed by atoms with E-state index in [1.54, 1.807) is 0 Å². The number of nitrogens with zero attached hydrogens (tertiary/aromatic N) is 2. The molecule has 0 saturated heterocycles. The van der Waals surface area contributed by atoms with E-state index in [9.17, 15) is 0 Å². The fourth-order valence-corrected chi connectivity index (χ4v) is 1.21. The molecule has 0 aliphatic rings. The molecule has 0 spiro atoms. The quantitative estimate of drug-likeness (QED) is 0.524. The molecule has 11 heavy (non-hydrogen) atoms. The maximum atomic E-state index is 6.05. The van der Waals surface area contributed by atoms with E-state index in [0.29, 0.717) is 0 Å². The van der Waals surface area contributed by atoms with Gasteiger partial charge in [-0.2, -0.15) is 0 Å². The van der Waals surface area contributed by atoms with Crippen LogP contribution in [0.4, 0.5) is 0 Å². The first kappa shape index (κ1) is 10.8. The molecule has 1 unspecified atom stereocenters. The van der Waals surface area contributed by atoms with E-state index in [1.165, 1.54) is 0 Å². The Labute approximate surface area is 69.1 Å². The minimum absolute atomic E-state index is 0.0903. The molecule has 4 heteroatoms. The number of hydrogen-bond donors (Lipinski definition) is 2. The van der Waals surface area contributed by atoms with Crippen molar-refractivity contribution in [3.63, 3.8) is 0 Å². The number of hydrogen-bond acceptors (Lipinski definition) is 4. The van der Waals surface area contributed by atoms with Gasteiger partial charge in [-0.1, -0.05) is 0 Å². The second-order valence-corrected chi connectivity index (χ2v) is 3.36. The highest BCUT2D eigenvalue weighted by Crippen LogP contribution is 2.10. The van der Waals surface area contributed by atoms with Gasteiger partial charge in [-0.15, -0.1) is 0 Å². The van der Waals surface area contributed by atoms with Crippen LogP contribution in [0.2, 0.25) is 0 Å². The summed E-state index contributed by atoms with van der Waals surface area (Å²) in [6.07, 6.45) is 0. The van der Waals surface area contributed by atoms with Crippen molar-refractivity contribution in [2.24, 2.45) is 11.5 Å². The molecule has 0 saturated carbocycles. The van der Waals surface area contributed by atoms with E-state index in [0.717, 1.165) is 0 Å². The average Bonchev–Trinajstić information content (AvgIpc) is 1.84. The van der Waals surface area contributed by atoms with Gasteiger partial charge in [0, 0.05) is 6.04 Å². The lowest BCUT2D eigenvalue weighted by Crippen LogP contribution is -2.70. The molecule has 1 atom stereocenters. The van der Waals surface area contributed by atoms with Crippen molar-refractivity contribution in [1.29, 1.82) is 0 Å². The molecular formula is C7H20N4. The number of rotatable bonds is 3. The molecule has 0 bridgehead atoms. The van der Waals surface area contributed by atoms with Gasteiger partial charge in [0.15, 0.2) is 0 Å². The molecular weight excluding hydrogens is 140 g/mol. The SMILES string of the molecule is CC(N)C(N)(N(C)C)N(C)C. The Morgan fingerprint density at radius 3 is 1.36 bits per heavy atom. The van der Waals surface area contributed by atoms with Crippen LogP contribution in [0.15, 0.2) is 0 Å². The van der Waals surface area contributed by atoms with Crippen LogP contribution in [-0.4, -0.2) is 49.8 Å². The molecule has 4 N–H and O–H groups in total. The van der Waals surface area contributed by atoms with Gasteiger partial charge in [0.2, 0.25) is 0 Å². The molecule has 0 aliphatic heterocycles. The van der Waals surface area contributed by atoms with Crippen LogP contribution in [0, 0.1) is 0 Å². The third-order valence-corrected chi connectivity index (χ3v) is 2.10. The van der Waals surface area contributed by atoms with Crippen LogP contribution < -0.4 is 11.5 Å². The Morgan fingerprint density at radius 1 is 1.09 bits per heavy atom. The van der Waals surface area contributed by atoms with E-state index in [-0.39, 0.29) is 6.04 Å². The summed E-state index contributed by atoms with van der Waals surface area (Å²) in [6.45, 7) is 1.90. The first-order chi connectivity index (χ1) is 4.83. The largest absolute Gasteiger partial charge is 0.324 e. The van der Waals surface area contributed by atoms with Crippen LogP contribution in [0.25, 0.3) is 0 Å². The fourth-order valence-electron chi connectivity index (χ4n) is 1.21. The van der Waals surface area contributed by atoms with Crippen molar-refractivity contribution in [2.75, 3.05) is 28.2 Å². The second-order valence-electron chi connectivity index (χ2n) is 3.36. The van der Waals surface area contributed by atoms with Crippen molar-refractivity contribution in [3.8, 4) is 0 Å². The maximum Gasteiger partial charge on any atom is 0.140 e. The van der Waals surface area contributed by atoms with Gasteiger partial charge >= 0.3 is 0 Å². The lowest BCUT2D eigenvalue weighted by molar-refractivity contribution is -0.00930. The zero-order valence-corrected chi connectivity index (χ0v) is 8.13. The molecule has 0 aromatic rings. The van der Waals surface area contributed by atoms with E-state index in [1.807, 2.05) is 44.9 Å². The fraction of sp³-hybridized carbons (Fsp3) is 1.00. The summed E-state index contributed by atoms with van der Waals surface area (Å²) < 4.78 is 0. The minimum atomic E-state index is -0.556. The smallest absolute Gasteiger partial charge is 0.140 e. The maximum absolute atomic E-state index is 6.05. The standard InChI is InChI=1S/C7H20N4/c1-6(8)7(9,10(2)3)11(4)5/h6H,8-9H2,1-5H3. The Morgan fingerprint density at radius 2 is 1.36 bits per heavy atom. The summed E-state index contributed by atoms with van der Waals surface area (Å²) in [5, 5.41) is 0. The first-order valence-corrected chi connectivity index (χ1v) is 3.72. The van der Waals surface area contributed by atoms with Crippen molar-refractivity contribution in [2.45, 2.75) is 18.8 Å². The van der Waals surface area contributed by atoms with Crippen molar-refractivity contribution in [1.82, 2.24) is 9.80 Å².